The van der Waals surface area contributed by atoms with Crippen LogP contribution in [0.4, 0.5) is 0 Å². The summed E-state index contributed by atoms with van der Waals surface area (Å²) in [5.74, 6) is 0.187. The molecule has 0 aliphatic rings. The molecule has 3 nitrogen and oxygen atoms in total. The minimum atomic E-state index is -0.408. The van der Waals surface area contributed by atoms with E-state index >= 15 is 0 Å². The van der Waals surface area contributed by atoms with Crippen molar-refractivity contribution in [1.82, 2.24) is 5.32 Å². The van der Waals surface area contributed by atoms with Gasteiger partial charge in [0.25, 0.3) is 0 Å². The van der Waals surface area contributed by atoms with Crippen LogP contribution >= 0.6 is 11.3 Å². The van der Waals surface area contributed by atoms with Crippen molar-refractivity contribution in [2.75, 3.05) is 0 Å². The fourth-order valence-electron chi connectivity index (χ4n) is 1.84. The van der Waals surface area contributed by atoms with Gasteiger partial charge >= 0.3 is 0 Å². The molecule has 1 rings (SSSR count). The first-order chi connectivity index (χ1) is 8.60. The van der Waals surface area contributed by atoms with Crippen molar-refractivity contribution in [2.24, 2.45) is 11.7 Å². The largest absolute Gasteiger partial charge is 0.347 e. The lowest BCUT2D eigenvalue weighted by Gasteiger charge is -2.22. The molecule has 1 heterocycles. The molecule has 1 amide bonds. The Morgan fingerprint density at radius 2 is 2.22 bits per heavy atom. The van der Waals surface area contributed by atoms with E-state index in [1.807, 2.05) is 18.4 Å². The fraction of sp³-hybridized carbons (Fsp3) is 0.643. The van der Waals surface area contributed by atoms with Gasteiger partial charge < -0.3 is 11.1 Å². The quantitative estimate of drug-likeness (QED) is 0.798. The number of carbonyl (C=O) groups excluding carboxylic acids is 1. The van der Waals surface area contributed by atoms with Gasteiger partial charge in [0.1, 0.15) is 0 Å². The first kappa shape index (κ1) is 15.2. The first-order valence-corrected chi connectivity index (χ1v) is 7.57. The summed E-state index contributed by atoms with van der Waals surface area (Å²) < 4.78 is 0. The summed E-state index contributed by atoms with van der Waals surface area (Å²) in [4.78, 5) is 13.3. The average molecular weight is 268 g/mol. The number of hydrogen-bond donors (Lipinski definition) is 2. The van der Waals surface area contributed by atoms with Gasteiger partial charge in [-0.1, -0.05) is 39.7 Å². The highest BCUT2D eigenvalue weighted by Gasteiger charge is 2.22. The molecule has 0 bridgehead atoms. The molecule has 18 heavy (non-hydrogen) atoms. The molecule has 102 valence electrons. The molecular weight excluding hydrogens is 244 g/mol. The van der Waals surface area contributed by atoms with Crippen molar-refractivity contribution in [3.8, 4) is 0 Å². The summed E-state index contributed by atoms with van der Waals surface area (Å²) in [7, 11) is 0. The zero-order valence-electron chi connectivity index (χ0n) is 11.5. The minimum absolute atomic E-state index is 0.0313. The van der Waals surface area contributed by atoms with Gasteiger partial charge in [-0.2, -0.15) is 0 Å². The van der Waals surface area contributed by atoms with E-state index in [4.69, 9.17) is 5.73 Å². The third kappa shape index (κ3) is 4.10. The summed E-state index contributed by atoms with van der Waals surface area (Å²) in [6.45, 7) is 6.20. The van der Waals surface area contributed by atoms with Crippen LogP contribution in [-0.4, -0.2) is 11.9 Å². The average Bonchev–Trinajstić information content (AvgIpc) is 2.90. The highest BCUT2D eigenvalue weighted by atomic mass is 32.1. The van der Waals surface area contributed by atoms with Gasteiger partial charge in [-0.25, -0.2) is 0 Å². The molecule has 0 aliphatic heterocycles. The number of hydrogen-bond acceptors (Lipinski definition) is 3. The Morgan fingerprint density at radius 1 is 1.50 bits per heavy atom. The van der Waals surface area contributed by atoms with Gasteiger partial charge in [0.05, 0.1) is 12.1 Å². The van der Waals surface area contributed by atoms with Gasteiger partial charge in [0.15, 0.2) is 0 Å². The molecule has 3 unspecified atom stereocenters. The molecule has 0 aliphatic carbocycles. The van der Waals surface area contributed by atoms with Crippen molar-refractivity contribution < 1.29 is 4.79 Å². The molecule has 3 atom stereocenters. The maximum atomic E-state index is 12.1. The van der Waals surface area contributed by atoms with Crippen LogP contribution in [-0.2, 0) is 4.79 Å². The Morgan fingerprint density at radius 3 is 2.72 bits per heavy atom. The van der Waals surface area contributed by atoms with Crippen LogP contribution in [0.5, 0.6) is 0 Å². The Bertz CT molecular complexity index is 351. The molecular formula is C14H24N2OS. The van der Waals surface area contributed by atoms with E-state index < -0.39 is 6.04 Å². The predicted octanol–water partition coefficient (Wildman–Crippen LogP) is 3.08. The lowest BCUT2D eigenvalue weighted by atomic mass is 9.98. The zero-order valence-corrected chi connectivity index (χ0v) is 12.3. The van der Waals surface area contributed by atoms with E-state index in [2.05, 4.69) is 25.2 Å². The van der Waals surface area contributed by atoms with Crippen LogP contribution in [0.2, 0.25) is 0 Å². The molecule has 0 fully saturated rings. The monoisotopic (exact) mass is 268 g/mol. The van der Waals surface area contributed by atoms with Crippen molar-refractivity contribution in [2.45, 2.75) is 52.1 Å². The van der Waals surface area contributed by atoms with Gasteiger partial charge in [-0.15, -0.1) is 11.3 Å². The number of nitrogens with one attached hydrogen (secondary N) is 1. The predicted molar refractivity (Wildman–Crippen MR) is 77.5 cm³/mol. The fourth-order valence-corrected chi connectivity index (χ4v) is 2.66. The zero-order chi connectivity index (χ0) is 13.5. The van der Waals surface area contributed by atoms with Crippen LogP contribution in [0, 0.1) is 5.92 Å². The Kier molecular flexibility index (Phi) is 6.36. The second-order valence-electron chi connectivity index (χ2n) is 4.78. The lowest BCUT2D eigenvalue weighted by molar-refractivity contribution is -0.124. The molecule has 0 radical (unpaired) electrons. The lowest BCUT2D eigenvalue weighted by Crippen LogP contribution is -2.45. The van der Waals surface area contributed by atoms with Crippen LogP contribution < -0.4 is 11.1 Å². The number of nitrogens with two attached hydrogens (primary N) is 1. The van der Waals surface area contributed by atoms with Gasteiger partial charge in [0, 0.05) is 4.88 Å². The number of thiophene rings is 1. The topological polar surface area (TPSA) is 55.1 Å². The molecule has 0 saturated heterocycles. The maximum absolute atomic E-state index is 12.1. The summed E-state index contributed by atoms with van der Waals surface area (Å²) >= 11 is 1.68. The van der Waals surface area contributed by atoms with Crippen molar-refractivity contribution >= 4 is 17.2 Å². The highest BCUT2D eigenvalue weighted by molar-refractivity contribution is 7.10. The molecule has 1 aromatic rings. The van der Waals surface area contributed by atoms with Crippen molar-refractivity contribution in [1.29, 1.82) is 0 Å². The number of amides is 1. The smallest absolute Gasteiger partial charge is 0.237 e. The summed E-state index contributed by atoms with van der Waals surface area (Å²) in [6.07, 6.45) is 2.92. The minimum Gasteiger partial charge on any atom is -0.347 e. The number of rotatable bonds is 7. The molecule has 4 heteroatoms. The SMILES string of the molecule is CCCC(NC(=O)C(N)C(C)CC)c1cccs1. The summed E-state index contributed by atoms with van der Waals surface area (Å²) in [5, 5.41) is 5.12. The molecule has 1 aromatic heterocycles. The Hall–Kier alpha value is -0.870. The van der Waals surface area contributed by atoms with Crippen LogP contribution in [0.15, 0.2) is 17.5 Å². The van der Waals surface area contributed by atoms with E-state index in [-0.39, 0.29) is 17.9 Å². The van der Waals surface area contributed by atoms with E-state index in [0.717, 1.165) is 19.3 Å². The van der Waals surface area contributed by atoms with E-state index in [0.29, 0.717) is 0 Å². The van der Waals surface area contributed by atoms with E-state index in [9.17, 15) is 4.79 Å². The molecule has 0 saturated carbocycles. The summed E-state index contributed by atoms with van der Waals surface area (Å²) in [5.41, 5.74) is 5.96. The maximum Gasteiger partial charge on any atom is 0.237 e. The number of carbonyl (C=O) groups is 1. The summed E-state index contributed by atoms with van der Waals surface area (Å²) in [6, 6.07) is 3.79. The first-order valence-electron chi connectivity index (χ1n) is 6.69. The van der Waals surface area contributed by atoms with E-state index in [1.165, 1.54) is 4.88 Å². The second kappa shape index (κ2) is 7.54. The second-order valence-corrected chi connectivity index (χ2v) is 5.76. The van der Waals surface area contributed by atoms with Gasteiger partial charge in [-0.05, 0) is 23.8 Å². The standard InChI is InChI=1S/C14H24N2OS/c1-4-7-11(12-8-6-9-18-12)16-14(17)13(15)10(3)5-2/h6,8-11,13H,4-5,7,15H2,1-3H3,(H,16,17). The molecule has 0 spiro atoms. The van der Waals surface area contributed by atoms with Gasteiger partial charge in [0.2, 0.25) is 5.91 Å². The molecule has 0 aromatic carbocycles. The van der Waals surface area contributed by atoms with Crippen LogP contribution in [0.3, 0.4) is 0 Å². The van der Waals surface area contributed by atoms with Crippen LogP contribution in [0.1, 0.15) is 51.0 Å². The molecule has 3 N–H and O–H groups in total. The van der Waals surface area contributed by atoms with Gasteiger partial charge in [-0.3, -0.25) is 4.79 Å². The van der Waals surface area contributed by atoms with Crippen molar-refractivity contribution in [3.63, 3.8) is 0 Å². The van der Waals surface area contributed by atoms with E-state index in [1.54, 1.807) is 11.3 Å². The Balaban J connectivity index is 2.64. The van der Waals surface area contributed by atoms with Crippen molar-refractivity contribution in [3.05, 3.63) is 22.4 Å². The third-order valence-corrected chi connectivity index (χ3v) is 4.33. The normalized spacial score (nSPS) is 16.0. The third-order valence-electron chi connectivity index (χ3n) is 3.34. The van der Waals surface area contributed by atoms with Crippen LogP contribution in [0.25, 0.3) is 0 Å². The highest BCUT2D eigenvalue weighted by Crippen LogP contribution is 2.23. The Labute approximate surface area is 114 Å².